The normalized spacial score (nSPS) is 26.4. The summed E-state index contributed by atoms with van der Waals surface area (Å²) in [6.45, 7) is 2.39. The summed E-state index contributed by atoms with van der Waals surface area (Å²) in [6, 6.07) is 1.95. The number of phenolic OH excluding ortho intramolecular Hbond substituents is 1. The number of aliphatic hydroxyl groups excluding tert-OH is 2. The van der Waals surface area contributed by atoms with Crippen molar-refractivity contribution in [3.8, 4) is 5.75 Å². The highest BCUT2D eigenvalue weighted by Crippen LogP contribution is 2.51. The van der Waals surface area contributed by atoms with Crippen molar-refractivity contribution in [3.05, 3.63) is 45.4 Å². The fourth-order valence-corrected chi connectivity index (χ4v) is 6.62. The van der Waals surface area contributed by atoms with E-state index < -0.39 is 34.9 Å². The number of ketones is 2. The molecule has 5 N–H and O–H groups in total. The maximum Gasteiger partial charge on any atom is 0.255 e. The molecule has 5 rings (SSSR count). The molecule has 192 valence electrons. The Morgan fingerprint density at radius 3 is 2.44 bits per heavy atom. The quantitative estimate of drug-likeness (QED) is 0.467. The third kappa shape index (κ3) is 3.77. The Balaban J connectivity index is 1.60. The number of aliphatic hydroxyl groups is 2. The monoisotopic (exact) mass is 495 g/mol. The van der Waals surface area contributed by atoms with Gasteiger partial charge < -0.3 is 26.0 Å². The summed E-state index contributed by atoms with van der Waals surface area (Å²) < 4.78 is 0. The number of fused-ring (bicyclic) bond motifs is 3. The summed E-state index contributed by atoms with van der Waals surface area (Å²) >= 11 is 0. The second-order valence-electron chi connectivity index (χ2n) is 10.7. The number of piperidine rings is 1. The Morgan fingerprint density at radius 2 is 1.81 bits per heavy atom. The zero-order valence-electron chi connectivity index (χ0n) is 20.7. The van der Waals surface area contributed by atoms with E-state index in [9.17, 15) is 29.7 Å². The summed E-state index contributed by atoms with van der Waals surface area (Å²) in [5.74, 6) is -5.00. The minimum absolute atomic E-state index is 0.0319. The van der Waals surface area contributed by atoms with Crippen molar-refractivity contribution in [1.29, 1.82) is 0 Å². The lowest BCUT2D eigenvalue weighted by molar-refractivity contribution is -0.126. The Kier molecular flexibility index (Phi) is 6.06. The second-order valence-corrected chi connectivity index (χ2v) is 10.7. The van der Waals surface area contributed by atoms with Crippen LogP contribution in [0.15, 0.2) is 28.7 Å². The lowest BCUT2D eigenvalue weighted by Crippen LogP contribution is -2.43. The first-order valence-electron chi connectivity index (χ1n) is 12.6. The molecule has 1 aromatic rings. The standard InChI is InChI=1S/C27H33N3O6/c1-29(2)17-10-15(12-30-6-4-3-5-7-30)23(32)21-16(17)9-13-8-14-11-18(31)22(27(28)36)26(35)20(14)24(33)19(13)25(21)34/h10,13-14,20,31-33H,3-9,11-12H2,1-2H3,(H2,28,36). The van der Waals surface area contributed by atoms with Gasteiger partial charge >= 0.3 is 0 Å². The van der Waals surface area contributed by atoms with Gasteiger partial charge in [0.25, 0.3) is 5.91 Å². The largest absolute Gasteiger partial charge is 0.511 e. The Bertz CT molecular complexity index is 1220. The number of hydrogen-bond acceptors (Lipinski definition) is 8. The number of primary amides is 1. The van der Waals surface area contributed by atoms with Crippen molar-refractivity contribution in [3.63, 3.8) is 0 Å². The molecule has 36 heavy (non-hydrogen) atoms. The van der Waals surface area contributed by atoms with Crippen molar-refractivity contribution in [1.82, 2.24) is 4.90 Å². The first-order chi connectivity index (χ1) is 17.1. The summed E-state index contributed by atoms with van der Waals surface area (Å²) in [6.07, 6.45) is 4.22. The minimum Gasteiger partial charge on any atom is -0.511 e. The maximum absolute atomic E-state index is 13.9. The molecule has 1 amide bonds. The molecular formula is C27H33N3O6. The van der Waals surface area contributed by atoms with Gasteiger partial charge in [-0.2, -0.15) is 0 Å². The number of nitrogens with zero attached hydrogens (tertiary/aromatic N) is 2. The van der Waals surface area contributed by atoms with Gasteiger partial charge in [-0.15, -0.1) is 0 Å². The van der Waals surface area contributed by atoms with Gasteiger partial charge in [0.15, 0.2) is 11.6 Å². The SMILES string of the molecule is CN(C)c1cc(CN2CCCCC2)c(O)c2c1CC1CC3CC(O)=C(C(N)=O)C(=O)C3C(O)=C1C2=O. The van der Waals surface area contributed by atoms with Crippen molar-refractivity contribution >= 4 is 23.2 Å². The first kappa shape index (κ1) is 24.4. The number of benzene rings is 1. The number of hydrogen-bond donors (Lipinski definition) is 4. The smallest absolute Gasteiger partial charge is 0.255 e. The average molecular weight is 496 g/mol. The van der Waals surface area contributed by atoms with E-state index in [-0.39, 0.29) is 40.7 Å². The van der Waals surface area contributed by atoms with Gasteiger partial charge in [-0.3, -0.25) is 19.3 Å². The topological polar surface area (TPSA) is 144 Å². The number of aromatic hydroxyl groups is 1. The summed E-state index contributed by atoms with van der Waals surface area (Å²) in [7, 11) is 3.80. The third-order valence-electron chi connectivity index (χ3n) is 8.27. The van der Waals surface area contributed by atoms with Gasteiger partial charge in [-0.05, 0) is 62.2 Å². The van der Waals surface area contributed by atoms with Gasteiger partial charge in [0.2, 0.25) is 0 Å². The molecule has 1 aliphatic heterocycles. The fraction of sp³-hybridized carbons (Fsp3) is 0.519. The van der Waals surface area contributed by atoms with E-state index in [2.05, 4.69) is 4.90 Å². The van der Waals surface area contributed by atoms with E-state index in [1.165, 1.54) is 6.42 Å². The average Bonchev–Trinajstić information content (AvgIpc) is 2.80. The molecule has 3 atom stereocenters. The van der Waals surface area contributed by atoms with Crippen LogP contribution in [-0.2, 0) is 22.6 Å². The van der Waals surface area contributed by atoms with Crippen molar-refractivity contribution in [2.45, 2.75) is 45.1 Å². The van der Waals surface area contributed by atoms with Gasteiger partial charge in [0, 0.05) is 43.9 Å². The van der Waals surface area contributed by atoms with Crippen LogP contribution >= 0.6 is 0 Å². The van der Waals surface area contributed by atoms with Crippen LogP contribution in [0.4, 0.5) is 5.69 Å². The van der Waals surface area contributed by atoms with Crippen LogP contribution in [0.3, 0.4) is 0 Å². The maximum atomic E-state index is 13.9. The van der Waals surface area contributed by atoms with E-state index in [0.29, 0.717) is 24.9 Å². The number of nitrogens with two attached hydrogens (primary N) is 1. The molecule has 0 aromatic heterocycles. The van der Waals surface area contributed by atoms with E-state index in [4.69, 9.17) is 5.73 Å². The van der Waals surface area contributed by atoms with E-state index in [1.54, 1.807) is 0 Å². The number of phenols is 1. The summed E-state index contributed by atoms with van der Waals surface area (Å²) in [4.78, 5) is 42.9. The molecule has 1 saturated heterocycles. The first-order valence-corrected chi connectivity index (χ1v) is 12.6. The third-order valence-corrected chi connectivity index (χ3v) is 8.27. The van der Waals surface area contributed by atoms with E-state index >= 15 is 0 Å². The number of anilines is 1. The molecule has 1 heterocycles. The fourth-order valence-electron chi connectivity index (χ4n) is 6.62. The summed E-state index contributed by atoms with van der Waals surface area (Å²) in [5, 5.41) is 32.9. The number of carbonyl (C=O) groups excluding carboxylic acids is 3. The number of carbonyl (C=O) groups is 3. The molecule has 4 aliphatic rings. The minimum atomic E-state index is -1.10. The Labute approximate surface area is 209 Å². The number of rotatable bonds is 4. The zero-order chi connectivity index (χ0) is 25.9. The molecular weight excluding hydrogens is 462 g/mol. The molecule has 1 fully saturated rings. The van der Waals surface area contributed by atoms with E-state index in [0.717, 1.165) is 37.2 Å². The van der Waals surface area contributed by atoms with E-state index in [1.807, 2.05) is 25.1 Å². The predicted octanol–water partition coefficient (Wildman–Crippen LogP) is 2.52. The Hall–Kier alpha value is -3.33. The van der Waals surface area contributed by atoms with Crippen LogP contribution in [-0.4, -0.2) is 64.9 Å². The van der Waals surface area contributed by atoms with Crippen molar-refractivity contribution in [2.75, 3.05) is 32.1 Å². The Morgan fingerprint density at radius 1 is 1.11 bits per heavy atom. The highest BCUT2D eigenvalue weighted by molar-refractivity contribution is 6.22. The highest BCUT2D eigenvalue weighted by Gasteiger charge is 2.50. The number of allylic oxidation sites excluding steroid dienone is 3. The van der Waals surface area contributed by atoms with Crippen molar-refractivity contribution < 1.29 is 29.7 Å². The molecule has 3 aliphatic carbocycles. The van der Waals surface area contributed by atoms with Gasteiger partial charge in [0.1, 0.15) is 22.8 Å². The zero-order valence-corrected chi connectivity index (χ0v) is 20.7. The number of amides is 1. The summed E-state index contributed by atoms with van der Waals surface area (Å²) in [5.41, 5.74) is 7.35. The molecule has 0 radical (unpaired) electrons. The predicted molar refractivity (Wildman–Crippen MR) is 133 cm³/mol. The van der Waals surface area contributed by atoms with Crippen LogP contribution in [0, 0.1) is 17.8 Å². The second kappa shape index (κ2) is 8.96. The van der Waals surface area contributed by atoms with Crippen LogP contribution in [0.5, 0.6) is 5.75 Å². The van der Waals surface area contributed by atoms with Gasteiger partial charge in [0.05, 0.1) is 11.5 Å². The molecule has 9 heteroatoms. The molecule has 9 nitrogen and oxygen atoms in total. The van der Waals surface area contributed by atoms with Crippen LogP contribution < -0.4 is 10.6 Å². The number of likely N-dealkylation sites (tertiary alicyclic amines) is 1. The van der Waals surface area contributed by atoms with Gasteiger partial charge in [-0.25, -0.2) is 0 Å². The molecule has 0 spiro atoms. The molecule has 0 bridgehead atoms. The van der Waals surface area contributed by atoms with Crippen LogP contribution in [0.2, 0.25) is 0 Å². The molecule has 3 unspecified atom stereocenters. The van der Waals surface area contributed by atoms with Crippen LogP contribution in [0.25, 0.3) is 0 Å². The molecule has 0 saturated carbocycles. The molecule has 1 aromatic carbocycles. The highest BCUT2D eigenvalue weighted by atomic mass is 16.3. The number of Topliss-reactive ketones (excluding diaryl/α,β-unsaturated/α-hetero) is 2. The lowest BCUT2D eigenvalue weighted by Gasteiger charge is -2.41. The van der Waals surface area contributed by atoms with Crippen molar-refractivity contribution in [2.24, 2.45) is 23.5 Å². The van der Waals surface area contributed by atoms with Crippen LogP contribution in [0.1, 0.15) is 53.6 Å². The lowest BCUT2D eigenvalue weighted by atomic mass is 9.62. The van der Waals surface area contributed by atoms with Gasteiger partial charge in [-0.1, -0.05) is 6.42 Å².